The van der Waals surface area contributed by atoms with Crippen molar-refractivity contribution in [2.75, 3.05) is 26.7 Å². The van der Waals surface area contributed by atoms with Crippen molar-refractivity contribution >= 4 is 11.9 Å². The molecule has 0 aromatic rings. The third kappa shape index (κ3) is 3.51. The Morgan fingerprint density at radius 2 is 2.20 bits per heavy atom. The number of ether oxygens (including phenoxy) is 1. The minimum absolute atomic E-state index is 0.0244. The largest absolute Gasteiger partial charge is 0.469 e. The number of hydrogen-bond acceptors (Lipinski definition) is 4. The first kappa shape index (κ1) is 12.0. The van der Waals surface area contributed by atoms with Crippen molar-refractivity contribution in [2.45, 2.75) is 13.3 Å². The van der Waals surface area contributed by atoms with Crippen LogP contribution in [-0.2, 0) is 14.3 Å². The monoisotopic (exact) mass is 214 g/mol. The molecule has 0 unspecified atom stereocenters. The molecule has 1 heterocycles. The molecule has 0 radical (unpaired) electrons. The summed E-state index contributed by atoms with van der Waals surface area (Å²) in [5, 5.41) is 5.90. The molecular formula is C10H18N2O3. The molecule has 1 fully saturated rings. The highest BCUT2D eigenvalue weighted by atomic mass is 16.5. The maximum absolute atomic E-state index is 11.6. The van der Waals surface area contributed by atoms with Gasteiger partial charge in [-0.05, 0) is 12.5 Å². The fourth-order valence-corrected chi connectivity index (χ4v) is 1.68. The van der Waals surface area contributed by atoms with Crippen LogP contribution in [0.4, 0.5) is 0 Å². The highest BCUT2D eigenvalue weighted by molar-refractivity contribution is 5.80. The van der Waals surface area contributed by atoms with Crippen molar-refractivity contribution in [3.05, 3.63) is 0 Å². The number of nitrogens with one attached hydrogen (secondary N) is 2. The van der Waals surface area contributed by atoms with Gasteiger partial charge in [-0.25, -0.2) is 0 Å². The molecule has 5 heteroatoms. The Balaban J connectivity index is 2.21. The van der Waals surface area contributed by atoms with E-state index in [1.807, 2.05) is 6.92 Å². The minimum Gasteiger partial charge on any atom is -0.469 e. The first-order valence-electron chi connectivity index (χ1n) is 5.20. The van der Waals surface area contributed by atoms with E-state index in [1.165, 1.54) is 7.11 Å². The lowest BCUT2D eigenvalue weighted by atomic mass is 9.97. The predicted molar refractivity (Wildman–Crippen MR) is 55.2 cm³/mol. The van der Waals surface area contributed by atoms with E-state index in [2.05, 4.69) is 15.4 Å². The summed E-state index contributed by atoms with van der Waals surface area (Å²) in [6, 6.07) is 0. The van der Waals surface area contributed by atoms with Crippen molar-refractivity contribution in [1.29, 1.82) is 0 Å². The van der Waals surface area contributed by atoms with E-state index in [0.29, 0.717) is 12.5 Å². The van der Waals surface area contributed by atoms with Crippen LogP contribution in [0, 0.1) is 11.8 Å². The summed E-state index contributed by atoms with van der Waals surface area (Å²) in [4.78, 5) is 22.4. The van der Waals surface area contributed by atoms with E-state index in [4.69, 9.17) is 0 Å². The zero-order chi connectivity index (χ0) is 11.3. The Kier molecular flexibility index (Phi) is 4.55. The van der Waals surface area contributed by atoms with Crippen LogP contribution in [0.5, 0.6) is 0 Å². The lowest BCUT2D eigenvalue weighted by molar-refractivity contribution is -0.140. The molecule has 1 aliphatic rings. The van der Waals surface area contributed by atoms with Crippen LogP contribution in [0.2, 0.25) is 0 Å². The van der Waals surface area contributed by atoms with Crippen molar-refractivity contribution in [3.63, 3.8) is 0 Å². The fourth-order valence-electron chi connectivity index (χ4n) is 1.68. The number of carbonyl (C=O) groups excluding carboxylic acids is 2. The van der Waals surface area contributed by atoms with Crippen LogP contribution in [-0.4, -0.2) is 38.6 Å². The second kappa shape index (κ2) is 5.70. The average molecular weight is 214 g/mol. The number of methoxy groups -OCH3 is 1. The maximum Gasteiger partial charge on any atom is 0.307 e. The summed E-state index contributed by atoms with van der Waals surface area (Å²) < 4.78 is 4.48. The molecule has 15 heavy (non-hydrogen) atoms. The molecule has 0 bridgehead atoms. The van der Waals surface area contributed by atoms with Crippen LogP contribution in [0.25, 0.3) is 0 Å². The first-order chi connectivity index (χ1) is 7.15. The number of rotatable bonds is 4. The van der Waals surface area contributed by atoms with E-state index in [-0.39, 0.29) is 24.2 Å². The Hall–Kier alpha value is -1.10. The second-order valence-electron chi connectivity index (χ2n) is 3.86. The molecule has 1 saturated heterocycles. The van der Waals surface area contributed by atoms with Gasteiger partial charge in [-0.3, -0.25) is 9.59 Å². The van der Waals surface area contributed by atoms with E-state index in [1.54, 1.807) is 0 Å². The lowest BCUT2D eigenvalue weighted by Gasteiger charge is -2.13. The minimum atomic E-state index is -0.298. The Morgan fingerprint density at radius 1 is 1.47 bits per heavy atom. The number of carbonyl (C=O) groups is 2. The third-order valence-corrected chi connectivity index (χ3v) is 2.71. The second-order valence-corrected chi connectivity index (χ2v) is 3.86. The number of amides is 1. The van der Waals surface area contributed by atoms with Gasteiger partial charge in [0.15, 0.2) is 0 Å². The molecule has 0 saturated carbocycles. The van der Waals surface area contributed by atoms with Crippen LogP contribution in [0.3, 0.4) is 0 Å². The van der Waals surface area contributed by atoms with Gasteiger partial charge in [0.1, 0.15) is 0 Å². The quantitative estimate of drug-likeness (QED) is 0.620. The Labute approximate surface area is 89.6 Å². The van der Waals surface area contributed by atoms with Crippen molar-refractivity contribution < 1.29 is 14.3 Å². The average Bonchev–Trinajstić information content (AvgIpc) is 2.64. The van der Waals surface area contributed by atoms with Gasteiger partial charge in [0.05, 0.1) is 19.4 Å². The Bertz CT molecular complexity index is 243. The highest BCUT2D eigenvalue weighted by Gasteiger charge is 2.29. The molecule has 5 nitrogen and oxygen atoms in total. The third-order valence-electron chi connectivity index (χ3n) is 2.71. The molecule has 2 N–H and O–H groups in total. The summed E-state index contributed by atoms with van der Waals surface area (Å²) in [7, 11) is 1.34. The van der Waals surface area contributed by atoms with E-state index in [0.717, 1.165) is 13.1 Å². The molecule has 0 aromatic carbocycles. The maximum atomic E-state index is 11.6. The summed E-state index contributed by atoms with van der Waals surface area (Å²) in [5.41, 5.74) is 0. The number of esters is 1. The van der Waals surface area contributed by atoms with Gasteiger partial charge in [0.2, 0.25) is 5.91 Å². The van der Waals surface area contributed by atoms with Crippen LogP contribution in [0.1, 0.15) is 13.3 Å². The van der Waals surface area contributed by atoms with Gasteiger partial charge in [0.25, 0.3) is 0 Å². The van der Waals surface area contributed by atoms with Crippen LogP contribution in [0.15, 0.2) is 0 Å². The van der Waals surface area contributed by atoms with Gasteiger partial charge in [-0.2, -0.15) is 0 Å². The molecule has 1 amide bonds. The zero-order valence-electron chi connectivity index (χ0n) is 9.21. The molecule has 2 atom stereocenters. The topological polar surface area (TPSA) is 67.4 Å². The summed E-state index contributed by atoms with van der Waals surface area (Å²) in [6.45, 7) is 4.01. The Morgan fingerprint density at radius 3 is 2.73 bits per heavy atom. The van der Waals surface area contributed by atoms with E-state index >= 15 is 0 Å². The van der Waals surface area contributed by atoms with Crippen molar-refractivity contribution in [3.8, 4) is 0 Å². The van der Waals surface area contributed by atoms with Crippen LogP contribution < -0.4 is 10.6 Å². The molecule has 86 valence electrons. The molecule has 0 spiro atoms. The van der Waals surface area contributed by atoms with Crippen molar-refractivity contribution in [1.82, 2.24) is 10.6 Å². The van der Waals surface area contributed by atoms with Gasteiger partial charge in [-0.15, -0.1) is 0 Å². The van der Waals surface area contributed by atoms with Gasteiger partial charge >= 0.3 is 5.97 Å². The number of hydrogen-bond donors (Lipinski definition) is 2. The van der Waals surface area contributed by atoms with Gasteiger partial charge in [0, 0.05) is 13.1 Å². The highest BCUT2D eigenvalue weighted by Crippen LogP contribution is 2.15. The van der Waals surface area contributed by atoms with Gasteiger partial charge < -0.3 is 15.4 Å². The standard InChI is InChI=1S/C10H18N2O3/c1-7-5-11-6-8(7)10(14)12-4-3-9(13)15-2/h7-8,11H,3-6H2,1-2H3,(H,12,14)/t7-,8-/m1/s1. The molecule has 1 aliphatic heterocycles. The molecule has 1 rings (SSSR count). The van der Waals surface area contributed by atoms with E-state index in [9.17, 15) is 9.59 Å². The predicted octanol–water partition coefficient (Wildman–Crippen LogP) is -0.479. The smallest absolute Gasteiger partial charge is 0.307 e. The first-order valence-corrected chi connectivity index (χ1v) is 5.20. The summed E-state index contributed by atoms with van der Waals surface area (Å²) in [5.74, 6) is 0.120. The van der Waals surface area contributed by atoms with Crippen molar-refractivity contribution in [2.24, 2.45) is 11.8 Å². The lowest BCUT2D eigenvalue weighted by Crippen LogP contribution is -2.35. The molecule has 0 aromatic heterocycles. The molecular weight excluding hydrogens is 196 g/mol. The van der Waals surface area contributed by atoms with E-state index < -0.39 is 0 Å². The fraction of sp³-hybridized carbons (Fsp3) is 0.800. The van der Waals surface area contributed by atoms with Gasteiger partial charge in [-0.1, -0.05) is 6.92 Å². The SMILES string of the molecule is COC(=O)CCNC(=O)[C@@H]1CNC[C@H]1C. The zero-order valence-corrected chi connectivity index (χ0v) is 9.21. The summed E-state index contributed by atoms with van der Waals surface area (Å²) in [6.07, 6.45) is 0.233. The molecule has 0 aliphatic carbocycles. The normalized spacial score (nSPS) is 24.9. The summed E-state index contributed by atoms with van der Waals surface area (Å²) >= 11 is 0. The van der Waals surface area contributed by atoms with Crippen LogP contribution >= 0.6 is 0 Å².